The maximum atomic E-state index is 11.3. The van der Waals surface area contributed by atoms with Crippen LogP contribution in [0.15, 0.2) is 24.3 Å². The van der Waals surface area contributed by atoms with Crippen molar-refractivity contribution in [1.82, 2.24) is 0 Å². The van der Waals surface area contributed by atoms with Crippen LogP contribution in [0.25, 0.3) is 0 Å². The summed E-state index contributed by atoms with van der Waals surface area (Å²) < 4.78 is 4.61. The second kappa shape index (κ2) is 5.53. The van der Waals surface area contributed by atoms with Gasteiger partial charge in [0.2, 0.25) is 0 Å². The molecular formula is C13H17NO4. The van der Waals surface area contributed by atoms with E-state index in [1.807, 2.05) is 0 Å². The molecule has 0 amide bonds. The van der Waals surface area contributed by atoms with E-state index < -0.39 is 17.4 Å². The molecule has 0 unspecified atom stereocenters. The second-order valence-corrected chi connectivity index (χ2v) is 4.61. The smallest absolute Gasteiger partial charge is 0.337 e. The third-order valence-corrected chi connectivity index (χ3v) is 2.60. The van der Waals surface area contributed by atoms with Crippen molar-refractivity contribution in [2.24, 2.45) is 5.41 Å². The molecule has 0 saturated heterocycles. The summed E-state index contributed by atoms with van der Waals surface area (Å²) in [4.78, 5) is 22.3. The van der Waals surface area contributed by atoms with Gasteiger partial charge in [0, 0.05) is 12.2 Å². The molecule has 0 radical (unpaired) electrons. The zero-order valence-corrected chi connectivity index (χ0v) is 10.7. The Bertz CT molecular complexity index is 454. The van der Waals surface area contributed by atoms with Crippen LogP contribution in [0, 0.1) is 5.41 Å². The Morgan fingerprint density at radius 2 is 2.06 bits per heavy atom. The highest BCUT2D eigenvalue weighted by Gasteiger charge is 2.26. The number of benzene rings is 1. The van der Waals surface area contributed by atoms with Crippen LogP contribution < -0.4 is 5.32 Å². The average Bonchev–Trinajstić information content (AvgIpc) is 2.35. The molecule has 18 heavy (non-hydrogen) atoms. The highest BCUT2D eigenvalue weighted by atomic mass is 16.5. The zero-order chi connectivity index (χ0) is 13.8. The van der Waals surface area contributed by atoms with Crippen LogP contribution in [-0.4, -0.2) is 30.7 Å². The van der Waals surface area contributed by atoms with E-state index in [9.17, 15) is 9.59 Å². The van der Waals surface area contributed by atoms with Crippen LogP contribution in [0.4, 0.5) is 5.69 Å². The van der Waals surface area contributed by atoms with Crippen LogP contribution in [-0.2, 0) is 9.53 Å². The molecular weight excluding hydrogens is 234 g/mol. The van der Waals surface area contributed by atoms with E-state index in [0.717, 1.165) is 0 Å². The van der Waals surface area contributed by atoms with E-state index in [2.05, 4.69) is 10.1 Å². The Balaban J connectivity index is 2.74. The van der Waals surface area contributed by atoms with Gasteiger partial charge in [0.05, 0.1) is 18.1 Å². The van der Waals surface area contributed by atoms with Gasteiger partial charge in [0.25, 0.3) is 0 Å². The highest BCUT2D eigenvalue weighted by Crippen LogP contribution is 2.18. The van der Waals surface area contributed by atoms with Gasteiger partial charge in [-0.1, -0.05) is 6.07 Å². The van der Waals surface area contributed by atoms with E-state index in [-0.39, 0.29) is 6.54 Å². The molecule has 0 saturated carbocycles. The molecule has 0 aromatic heterocycles. The van der Waals surface area contributed by atoms with Crippen molar-refractivity contribution in [2.45, 2.75) is 13.8 Å². The van der Waals surface area contributed by atoms with E-state index in [4.69, 9.17) is 5.11 Å². The summed E-state index contributed by atoms with van der Waals surface area (Å²) in [7, 11) is 1.32. The van der Waals surface area contributed by atoms with Gasteiger partial charge in [-0.3, -0.25) is 4.79 Å². The maximum absolute atomic E-state index is 11.3. The van der Waals surface area contributed by atoms with Gasteiger partial charge in [-0.25, -0.2) is 4.79 Å². The summed E-state index contributed by atoms with van der Waals surface area (Å²) >= 11 is 0. The predicted molar refractivity (Wildman–Crippen MR) is 67.7 cm³/mol. The molecule has 0 heterocycles. The summed E-state index contributed by atoms with van der Waals surface area (Å²) in [5.41, 5.74) is 0.240. The third kappa shape index (κ3) is 3.48. The Hall–Kier alpha value is -2.04. The number of carboxylic acid groups (broad SMARTS) is 1. The van der Waals surface area contributed by atoms with Gasteiger partial charge >= 0.3 is 11.9 Å². The van der Waals surface area contributed by atoms with Crippen molar-refractivity contribution in [3.63, 3.8) is 0 Å². The quantitative estimate of drug-likeness (QED) is 0.783. The normalized spacial score (nSPS) is 10.8. The van der Waals surface area contributed by atoms with Gasteiger partial charge in [0.1, 0.15) is 0 Å². The molecule has 0 fully saturated rings. The number of carbonyl (C=O) groups is 2. The molecule has 0 aliphatic heterocycles. The Morgan fingerprint density at radius 1 is 1.39 bits per heavy atom. The summed E-state index contributed by atoms with van der Waals surface area (Å²) in [6.45, 7) is 3.53. The molecule has 0 spiro atoms. The molecule has 0 aliphatic carbocycles. The lowest BCUT2D eigenvalue weighted by molar-refractivity contribution is -0.146. The molecule has 0 bridgehead atoms. The fraction of sp³-hybridized carbons (Fsp3) is 0.385. The number of methoxy groups -OCH3 is 1. The van der Waals surface area contributed by atoms with Gasteiger partial charge in [-0.15, -0.1) is 0 Å². The molecule has 5 heteroatoms. The first-order chi connectivity index (χ1) is 8.36. The lowest BCUT2D eigenvalue weighted by Crippen LogP contribution is -2.31. The SMILES string of the molecule is COC(=O)c1cccc(NCC(C)(C)C(=O)O)c1. The number of anilines is 1. The van der Waals surface area contributed by atoms with Gasteiger partial charge in [0.15, 0.2) is 0 Å². The van der Waals surface area contributed by atoms with Crippen molar-refractivity contribution in [3.8, 4) is 0 Å². The number of hydrogen-bond acceptors (Lipinski definition) is 4. The minimum absolute atomic E-state index is 0.271. The van der Waals surface area contributed by atoms with Crippen molar-refractivity contribution < 1.29 is 19.4 Å². The van der Waals surface area contributed by atoms with Crippen LogP contribution in [0.1, 0.15) is 24.2 Å². The van der Waals surface area contributed by atoms with E-state index >= 15 is 0 Å². The number of esters is 1. The summed E-state index contributed by atoms with van der Waals surface area (Å²) in [6.07, 6.45) is 0. The minimum Gasteiger partial charge on any atom is -0.481 e. The largest absolute Gasteiger partial charge is 0.481 e. The van der Waals surface area contributed by atoms with Crippen LogP contribution >= 0.6 is 0 Å². The van der Waals surface area contributed by atoms with Gasteiger partial charge in [-0.05, 0) is 32.0 Å². The van der Waals surface area contributed by atoms with Gasteiger partial charge < -0.3 is 15.2 Å². The fourth-order valence-electron chi connectivity index (χ4n) is 1.27. The first-order valence-corrected chi connectivity index (χ1v) is 5.52. The van der Waals surface area contributed by atoms with Crippen molar-refractivity contribution in [2.75, 3.05) is 19.0 Å². The summed E-state index contributed by atoms with van der Waals surface area (Å²) in [6, 6.07) is 6.75. The molecule has 98 valence electrons. The molecule has 5 nitrogen and oxygen atoms in total. The number of hydrogen-bond donors (Lipinski definition) is 2. The van der Waals surface area contributed by atoms with Crippen LogP contribution in [0.5, 0.6) is 0 Å². The molecule has 1 aromatic rings. The van der Waals surface area contributed by atoms with Crippen molar-refractivity contribution in [1.29, 1.82) is 0 Å². The average molecular weight is 251 g/mol. The zero-order valence-electron chi connectivity index (χ0n) is 10.7. The Morgan fingerprint density at radius 3 is 2.61 bits per heavy atom. The molecule has 1 rings (SSSR count). The number of nitrogens with one attached hydrogen (secondary N) is 1. The summed E-state index contributed by atoms with van der Waals surface area (Å²) in [5, 5.41) is 12.0. The monoisotopic (exact) mass is 251 g/mol. The first-order valence-electron chi connectivity index (χ1n) is 5.52. The summed E-state index contributed by atoms with van der Waals surface area (Å²) in [5.74, 6) is -1.30. The van der Waals surface area contributed by atoms with E-state index in [0.29, 0.717) is 11.3 Å². The fourth-order valence-corrected chi connectivity index (χ4v) is 1.27. The van der Waals surface area contributed by atoms with Crippen molar-refractivity contribution >= 4 is 17.6 Å². The number of rotatable bonds is 5. The van der Waals surface area contributed by atoms with E-state index in [1.54, 1.807) is 38.1 Å². The lowest BCUT2D eigenvalue weighted by Gasteiger charge is -2.20. The number of carbonyl (C=O) groups excluding carboxylic acids is 1. The number of carboxylic acids is 1. The lowest BCUT2D eigenvalue weighted by atomic mass is 9.94. The second-order valence-electron chi connectivity index (χ2n) is 4.61. The minimum atomic E-state index is -0.876. The number of ether oxygens (including phenoxy) is 1. The van der Waals surface area contributed by atoms with Gasteiger partial charge in [-0.2, -0.15) is 0 Å². The standard InChI is InChI=1S/C13H17NO4/c1-13(2,12(16)17)8-14-10-6-4-5-9(7-10)11(15)18-3/h4-7,14H,8H2,1-3H3,(H,16,17). The number of aliphatic carboxylic acids is 1. The molecule has 0 atom stereocenters. The molecule has 0 aliphatic rings. The molecule has 2 N–H and O–H groups in total. The predicted octanol–water partition coefficient (Wildman–Crippen LogP) is 2.00. The van der Waals surface area contributed by atoms with E-state index in [1.165, 1.54) is 7.11 Å². The third-order valence-electron chi connectivity index (χ3n) is 2.60. The first kappa shape index (κ1) is 14.0. The van der Waals surface area contributed by atoms with Crippen molar-refractivity contribution in [3.05, 3.63) is 29.8 Å². The topological polar surface area (TPSA) is 75.6 Å². The van der Waals surface area contributed by atoms with Crippen LogP contribution in [0.3, 0.4) is 0 Å². The Labute approximate surface area is 106 Å². The highest BCUT2D eigenvalue weighted by molar-refractivity contribution is 5.90. The molecule has 1 aromatic carbocycles. The maximum Gasteiger partial charge on any atom is 0.337 e. The Kier molecular flexibility index (Phi) is 4.31. The van der Waals surface area contributed by atoms with Crippen LogP contribution in [0.2, 0.25) is 0 Å².